The van der Waals surface area contributed by atoms with Crippen LogP contribution in [0.15, 0.2) is 18.2 Å². The van der Waals surface area contributed by atoms with Crippen molar-refractivity contribution in [1.82, 2.24) is 0 Å². The van der Waals surface area contributed by atoms with Gasteiger partial charge in [0.2, 0.25) is 0 Å². The molecule has 0 aliphatic heterocycles. The molecule has 0 radical (unpaired) electrons. The van der Waals surface area contributed by atoms with Crippen LogP contribution in [0.2, 0.25) is 0 Å². The molecule has 0 saturated carbocycles. The van der Waals surface area contributed by atoms with Gasteiger partial charge in [-0.25, -0.2) is 0 Å². The molecule has 0 spiro atoms. The Morgan fingerprint density at radius 2 is 1.71 bits per heavy atom. The number of benzene rings is 1. The molecule has 120 valence electrons. The summed E-state index contributed by atoms with van der Waals surface area (Å²) in [6, 6.07) is 4.02. The Morgan fingerprint density at radius 3 is 2.05 bits per heavy atom. The lowest BCUT2D eigenvalue weighted by atomic mass is 10.2. The van der Waals surface area contributed by atoms with E-state index in [0.717, 1.165) is 0 Å². The fourth-order valence-electron chi connectivity index (χ4n) is 1.07. The molecule has 21 heavy (non-hydrogen) atoms. The molecule has 0 saturated heterocycles. The highest BCUT2D eigenvalue weighted by Crippen LogP contribution is 2.28. The zero-order valence-electron chi connectivity index (χ0n) is 13.4. The molecule has 0 unspecified atom stereocenters. The average molecular weight is 300 g/mol. The van der Waals surface area contributed by atoms with Crippen molar-refractivity contribution >= 4 is 24.1 Å². The molecule has 1 aromatic rings. The van der Waals surface area contributed by atoms with E-state index < -0.39 is 10.9 Å². The van der Waals surface area contributed by atoms with Gasteiger partial charge >= 0.3 is 5.97 Å². The number of nitro groups is 1. The van der Waals surface area contributed by atoms with E-state index in [0.29, 0.717) is 5.69 Å². The largest absolute Gasteiger partial charge is 0.424 e. The number of ether oxygens (including phenoxy) is 1. The highest BCUT2D eigenvalue weighted by atomic mass is 16.6. The Kier molecular flexibility index (Phi) is 17.6. The summed E-state index contributed by atoms with van der Waals surface area (Å²) in [5.41, 5.74) is 0.404. The molecule has 1 N–H and O–H groups in total. The van der Waals surface area contributed by atoms with E-state index >= 15 is 0 Å². The summed E-state index contributed by atoms with van der Waals surface area (Å²) in [5.74, 6) is -0.369. The van der Waals surface area contributed by atoms with Crippen molar-refractivity contribution in [3.05, 3.63) is 28.3 Å². The number of hydrogen-bond acceptors (Lipinski definition) is 6. The van der Waals surface area contributed by atoms with Crippen LogP contribution in [0.25, 0.3) is 0 Å². The number of non-ortho nitro benzene ring substituents is 1. The van der Waals surface area contributed by atoms with Crippen molar-refractivity contribution in [1.29, 1.82) is 0 Å². The summed E-state index contributed by atoms with van der Waals surface area (Å²) in [7, 11) is 1.63. The van der Waals surface area contributed by atoms with Gasteiger partial charge in [0, 0.05) is 20.0 Å². The molecule has 7 nitrogen and oxygen atoms in total. The van der Waals surface area contributed by atoms with E-state index in [1.54, 1.807) is 7.05 Å². The van der Waals surface area contributed by atoms with Crippen molar-refractivity contribution < 1.29 is 19.2 Å². The van der Waals surface area contributed by atoms with Crippen LogP contribution in [0.1, 0.15) is 34.6 Å². The summed E-state index contributed by atoms with van der Waals surface area (Å²) in [5, 5.41) is 13.3. The molecular weight excluding hydrogens is 276 g/mol. The van der Waals surface area contributed by atoms with Crippen molar-refractivity contribution in [3.8, 4) is 5.75 Å². The Labute approximate surface area is 125 Å². The zero-order valence-corrected chi connectivity index (χ0v) is 13.4. The van der Waals surface area contributed by atoms with E-state index in [4.69, 9.17) is 9.53 Å². The fourth-order valence-corrected chi connectivity index (χ4v) is 1.07. The van der Waals surface area contributed by atoms with Crippen LogP contribution in [0.3, 0.4) is 0 Å². The summed E-state index contributed by atoms with van der Waals surface area (Å²) in [4.78, 5) is 28.7. The predicted octanol–water partition coefficient (Wildman–Crippen LogP) is 3.43. The van der Waals surface area contributed by atoms with E-state index in [9.17, 15) is 14.9 Å². The number of nitrogens with zero attached hydrogens (tertiary/aromatic N) is 1. The first-order chi connectivity index (χ1) is 10.0. The van der Waals surface area contributed by atoms with Crippen molar-refractivity contribution in [3.63, 3.8) is 0 Å². The smallest absolute Gasteiger partial charge is 0.308 e. The fraction of sp³-hybridized carbons (Fsp3) is 0.429. The Balaban J connectivity index is -0.000000478. The van der Waals surface area contributed by atoms with Gasteiger partial charge in [-0.2, -0.15) is 0 Å². The first-order valence-corrected chi connectivity index (χ1v) is 6.48. The number of nitro benzene ring substituents is 1. The second-order valence-corrected chi connectivity index (χ2v) is 2.78. The molecule has 0 atom stereocenters. The van der Waals surface area contributed by atoms with Crippen molar-refractivity contribution in [2.45, 2.75) is 34.6 Å². The zero-order chi connectivity index (χ0) is 17.4. The number of anilines is 1. The van der Waals surface area contributed by atoms with Gasteiger partial charge in [-0.1, -0.05) is 27.7 Å². The first-order valence-electron chi connectivity index (χ1n) is 6.48. The van der Waals surface area contributed by atoms with Gasteiger partial charge < -0.3 is 14.8 Å². The van der Waals surface area contributed by atoms with Gasteiger partial charge in [-0.15, -0.1) is 0 Å². The van der Waals surface area contributed by atoms with Crippen molar-refractivity contribution in [2.75, 3.05) is 12.4 Å². The summed E-state index contributed by atoms with van der Waals surface area (Å²) < 4.78 is 4.82. The Morgan fingerprint density at radius 1 is 1.24 bits per heavy atom. The lowest BCUT2D eigenvalue weighted by Crippen LogP contribution is -2.04. The minimum Gasteiger partial charge on any atom is -0.424 e. The quantitative estimate of drug-likeness (QED) is 0.397. The second-order valence-electron chi connectivity index (χ2n) is 2.78. The van der Waals surface area contributed by atoms with E-state index in [1.165, 1.54) is 25.1 Å². The van der Waals surface area contributed by atoms with E-state index in [2.05, 4.69) is 5.32 Å². The third kappa shape index (κ3) is 10.1. The van der Waals surface area contributed by atoms with Gasteiger partial charge in [-0.3, -0.25) is 14.9 Å². The monoisotopic (exact) mass is 300 g/mol. The number of carbonyl (C=O) groups is 2. The standard InChI is InChI=1S/C9H10N2O4.2C2H6.CH2O/c1-6(12)15-9-5-7(11(13)14)3-4-8(9)10-2;3*1-2/h3-5,10H,1-2H3;2*1-2H3;1H2. The molecule has 0 aromatic heterocycles. The molecule has 0 aliphatic rings. The second kappa shape index (κ2) is 15.6. The van der Waals surface area contributed by atoms with Gasteiger partial charge in [-0.05, 0) is 6.07 Å². The van der Waals surface area contributed by atoms with E-state index in [-0.39, 0.29) is 11.4 Å². The summed E-state index contributed by atoms with van der Waals surface area (Å²) in [6.45, 7) is 11.2. The van der Waals surface area contributed by atoms with Crippen LogP contribution in [0.5, 0.6) is 5.75 Å². The number of rotatable bonds is 3. The summed E-state index contributed by atoms with van der Waals surface area (Å²) in [6.07, 6.45) is 0. The number of hydrogen-bond donors (Lipinski definition) is 1. The third-order valence-electron chi connectivity index (χ3n) is 1.70. The van der Waals surface area contributed by atoms with Crippen LogP contribution in [-0.4, -0.2) is 24.7 Å². The van der Waals surface area contributed by atoms with Crippen LogP contribution in [0.4, 0.5) is 11.4 Å². The Hall–Kier alpha value is -2.44. The lowest BCUT2D eigenvalue weighted by molar-refractivity contribution is -0.384. The molecule has 0 heterocycles. The first kappa shape index (κ1) is 23.6. The molecule has 7 heteroatoms. The number of carbonyl (C=O) groups excluding carboxylic acids is 2. The highest BCUT2D eigenvalue weighted by Gasteiger charge is 2.12. The van der Waals surface area contributed by atoms with Crippen LogP contribution in [0, 0.1) is 10.1 Å². The predicted molar refractivity (Wildman–Crippen MR) is 83.8 cm³/mol. The van der Waals surface area contributed by atoms with Crippen LogP contribution in [-0.2, 0) is 9.59 Å². The maximum atomic E-state index is 10.7. The molecular formula is C14H24N2O5. The van der Waals surface area contributed by atoms with Gasteiger partial charge in [0.15, 0.2) is 5.75 Å². The highest BCUT2D eigenvalue weighted by molar-refractivity contribution is 5.73. The van der Waals surface area contributed by atoms with Gasteiger partial charge in [0.05, 0.1) is 16.7 Å². The topological polar surface area (TPSA) is 98.5 Å². The SMILES string of the molecule is C=O.CC.CC.CNc1ccc([N+](=O)[O-])cc1OC(C)=O. The molecule has 1 rings (SSSR count). The average Bonchev–Trinajstić information content (AvgIpc) is 2.52. The molecule has 0 amide bonds. The summed E-state index contributed by atoms with van der Waals surface area (Å²) >= 11 is 0. The molecule has 0 aliphatic carbocycles. The van der Waals surface area contributed by atoms with Gasteiger partial charge in [0.1, 0.15) is 6.79 Å². The van der Waals surface area contributed by atoms with E-state index in [1.807, 2.05) is 34.5 Å². The number of nitrogens with one attached hydrogen (secondary N) is 1. The molecule has 1 aromatic carbocycles. The maximum absolute atomic E-state index is 10.7. The van der Waals surface area contributed by atoms with Crippen LogP contribution < -0.4 is 10.1 Å². The maximum Gasteiger partial charge on any atom is 0.308 e. The molecule has 0 bridgehead atoms. The third-order valence-corrected chi connectivity index (χ3v) is 1.70. The van der Waals surface area contributed by atoms with Gasteiger partial charge in [0.25, 0.3) is 5.69 Å². The molecule has 0 fully saturated rings. The Bertz CT molecular complexity index is 422. The minimum atomic E-state index is -0.549. The van der Waals surface area contributed by atoms with Crippen molar-refractivity contribution in [2.24, 2.45) is 0 Å². The normalized spacial score (nSPS) is 7.52. The number of esters is 1. The van der Waals surface area contributed by atoms with Crippen LogP contribution >= 0.6 is 0 Å². The lowest BCUT2D eigenvalue weighted by Gasteiger charge is -2.07. The minimum absolute atomic E-state index is 0.120.